The first-order valence-corrected chi connectivity index (χ1v) is 10.8. The van der Waals surface area contributed by atoms with Gasteiger partial charge in [0.2, 0.25) is 0 Å². The molecule has 1 aromatic heterocycles. The molecule has 0 radical (unpaired) electrons. The maximum absolute atomic E-state index is 12.0. The van der Waals surface area contributed by atoms with Crippen LogP contribution in [0.4, 0.5) is 0 Å². The lowest BCUT2D eigenvalue weighted by Gasteiger charge is -2.10. The van der Waals surface area contributed by atoms with Gasteiger partial charge in [-0.25, -0.2) is 0 Å². The van der Waals surface area contributed by atoms with Gasteiger partial charge in [-0.05, 0) is 48.7 Å². The molecule has 3 aromatic rings. The highest BCUT2D eigenvalue weighted by Crippen LogP contribution is 2.30. The summed E-state index contributed by atoms with van der Waals surface area (Å²) in [5.74, 6) is 0.777. The first-order chi connectivity index (χ1) is 14.0. The van der Waals surface area contributed by atoms with Gasteiger partial charge in [-0.15, -0.1) is 0 Å². The van der Waals surface area contributed by atoms with Gasteiger partial charge in [0.1, 0.15) is 16.7 Å². The molecule has 1 fully saturated rings. The van der Waals surface area contributed by atoms with Crippen LogP contribution in [0.1, 0.15) is 23.6 Å². The van der Waals surface area contributed by atoms with Crippen molar-refractivity contribution in [1.82, 2.24) is 9.88 Å². The van der Waals surface area contributed by atoms with Crippen LogP contribution < -0.4 is 10.1 Å². The second-order valence-corrected chi connectivity index (χ2v) is 8.72. The summed E-state index contributed by atoms with van der Waals surface area (Å²) < 4.78 is 8.71. The number of carbonyl (C=O) groups excluding carboxylic acids is 1. The Morgan fingerprint density at radius 2 is 2.07 bits per heavy atom. The topological polar surface area (TPSA) is 43.3 Å². The molecule has 0 spiro atoms. The lowest BCUT2D eigenvalue weighted by molar-refractivity contribution is -0.115. The summed E-state index contributed by atoms with van der Waals surface area (Å²) in [6, 6.07) is 14.6. The van der Waals surface area contributed by atoms with E-state index in [4.69, 9.17) is 17.0 Å². The summed E-state index contributed by atoms with van der Waals surface area (Å²) in [5, 5.41) is 3.78. The minimum Gasteiger partial charge on any atom is -0.492 e. The van der Waals surface area contributed by atoms with Crippen LogP contribution in [0.25, 0.3) is 17.0 Å². The molecule has 0 atom stereocenters. The lowest BCUT2D eigenvalue weighted by Crippen LogP contribution is -2.17. The van der Waals surface area contributed by atoms with E-state index in [0.717, 1.165) is 35.2 Å². The van der Waals surface area contributed by atoms with E-state index in [1.807, 2.05) is 18.2 Å². The van der Waals surface area contributed by atoms with E-state index in [9.17, 15) is 4.79 Å². The molecule has 1 aliphatic rings. The van der Waals surface area contributed by atoms with Crippen LogP contribution in [0.15, 0.2) is 53.6 Å². The Kier molecular flexibility index (Phi) is 5.74. The summed E-state index contributed by atoms with van der Waals surface area (Å²) in [4.78, 5) is 12.7. The molecule has 0 aliphatic carbocycles. The molecule has 29 heavy (non-hydrogen) atoms. The first kappa shape index (κ1) is 19.7. The Morgan fingerprint density at radius 3 is 2.83 bits per heavy atom. The fourth-order valence-corrected chi connectivity index (χ4v) is 4.55. The van der Waals surface area contributed by atoms with Crippen molar-refractivity contribution in [2.75, 3.05) is 6.61 Å². The van der Waals surface area contributed by atoms with E-state index >= 15 is 0 Å². The number of nitrogens with one attached hydrogen (secondary N) is 1. The molecule has 6 heteroatoms. The smallest absolute Gasteiger partial charge is 0.263 e. The third-order valence-electron chi connectivity index (χ3n) is 4.87. The molecule has 1 saturated heterocycles. The zero-order valence-corrected chi connectivity index (χ0v) is 18.0. The molecule has 1 N–H and O–H groups in total. The van der Waals surface area contributed by atoms with E-state index in [2.05, 4.69) is 60.3 Å². The Balaban J connectivity index is 1.55. The van der Waals surface area contributed by atoms with Gasteiger partial charge in [0.05, 0.1) is 11.4 Å². The van der Waals surface area contributed by atoms with Gasteiger partial charge in [-0.2, -0.15) is 0 Å². The molecule has 0 bridgehead atoms. The third kappa shape index (κ3) is 4.38. The Labute approximate surface area is 179 Å². The molecular weight excluding hydrogens is 400 g/mol. The van der Waals surface area contributed by atoms with Gasteiger partial charge >= 0.3 is 0 Å². The van der Waals surface area contributed by atoms with Crippen molar-refractivity contribution in [3.05, 3.63) is 70.3 Å². The van der Waals surface area contributed by atoms with E-state index < -0.39 is 0 Å². The number of amides is 1. The van der Waals surface area contributed by atoms with Gasteiger partial charge < -0.3 is 14.6 Å². The highest BCUT2D eigenvalue weighted by molar-refractivity contribution is 8.26. The molecule has 2 heterocycles. The summed E-state index contributed by atoms with van der Waals surface area (Å²) >= 11 is 6.39. The lowest BCUT2D eigenvalue weighted by atomic mass is 10.1. The molecule has 2 aromatic carbocycles. The Morgan fingerprint density at radius 1 is 1.24 bits per heavy atom. The van der Waals surface area contributed by atoms with Crippen LogP contribution in [0, 0.1) is 6.92 Å². The van der Waals surface area contributed by atoms with E-state index in [1.54, 1.807) is 0 Å². The molecule has 4 nitrogen and oxygen atoms in total. The van der Waals surface area contributed by atoms with Crippen molar-refractivity contribution >= 4 is 51.2 Å². The number of nitrogens with zero attached hydrogens (tertiary/aromatic N) is 1. The number of thiocarbonyl (C=S) groups is 1. The van der Waals surface area contributed by atoms with Crippen LogP contribution in [-0.2, 0) is 17.8 Å². The summed E-state index contributed by atoms with van der Waals surface area (Å²) in [6.45, 7) is 5.53. The van der Waals surface area contributed by atoms with Crippen LogP contribution in [0.3, 0.4) is 0 Å². The number of thioether (sulfide) groups is 1. The van der Waals surface area contributed by atoms with Gasteiger partial charge in [0.25, 0.3) is 5.91 Å². The number of ether oxygens (including phenoxy) is 1. The number of para-hydroxylation sites is 1. The number of rotatable bonds is 6. The van der Waals surface area contributed by atoms with Crippen molar-refractivity contribution in [3.63, 3.8) is 0 Å². The largest absolute Gasteiger partial charge is 0.492 e. The van der Waals surface area contributed by atoms with Gasteiger partial charge in [0, 0.05) is 22.7 Å². The normalized spacial score (nSPS) is 15.3. The third-order valence-corrected chi connectivity index (χ3v) is 6.03. The highest BCUT2D eigenvalue weighted by atomic mass is 32.2. The second-order valence-electron chi connectivity index (χ2n) is 7.00. The fourth-order valence-electron chi connectivity index (χ4n) is 3.51. The highest BCUT2D eigenvalue weighted by Gasteiger charge is 2.22. The SMILES string of the molecule is CCc1cc(C)cc(OCCn2cc(/C=C3\SC(=S)NC3=O)c3ccccc32)c1. The number of aromatic nitrogens is 1. The van der Waals surface area contributed by atoms with Crippen molar-refractivity contribution in [3.8, 4) is 5.75 Å². The maximum Gasteiger partial charge on any atom is 0.263 e. The van der Waals surface area contributed by atoms with E-state index in [-0.39, 0.29) is 5.91 Å². The quantitative estimate of drug-likeness (QED) is 0.444. The van der Waals surface area contributed by atoms with Crippen LogP contribution in [0.2, 0.25) is 0 Å². The minimum absolute atomic E-state index is 0.133. The number of hydrogen-bond donors (Lipinski definition) is 1. The fraction of sp³-hybridized carbons (Fsp3) is 0.217. The van der Waals surface area contributed by atoms with Crippen LogP contribution in [0.5, 0.6) is 5.75 Å². The molecule has 1 amide bonds. The molecule has 4 rings (SSSR count). The zero-order valence-electron chi connectivity index (χ0n) is 16.4. The average molecular weight is 423 g/mol. The van der Waals surface area contributed by atoms with Gasteiger partial charge in [-0.3, -0.25) is 4.79 Å². The number of aryl methyl sites for hydroxylation is 2. The Hall–Kier alpha value is -2.57. The van der Waals surface area contributed by atoms with Crippen molar-refractivity contribution in [1.29, 1.82) is 0 Å². The van der Waals surface area contributed by atoms with Crippen LogP contribution in [-0.4, -0.2) is 21.4 Å². The van der Waals surface area contributed by atoms with E-state index in [1.165, 1.54) is 22.9 Å². The summed E-state index contributed by atoms with van der Waals surface area (Å²) in [5.41, 5.74) is 4.62. The predicted octanol–water partition coefficient (Wildman–Crippen LogP) is 5.08. The molecule has 148 valence electrons. The first-order valence-electron chi connectivity index (χ1n) is 9.59. The minimum atomic E-state index is -0.133. The predicted molar refractivity (Wildman–Crippen MR) is 124 cm³/mol. The zero-order chi connectivity index (χ0) is 20.4. The molecule has 1 aliphatic heterocycles. The standard InChI is InChI=1S/C23H22N2O2S2/c1-3-16-10-15(2)11-18(12-16)27-9-8-25-14-17(19-6-4-5-7-20(19)25)13-21-22(26)24-23(28)29-21/h4-7,10-14H,3,8-9H2,1-2H3,(H,24,26,28)/b21-13-. The Bertz CT molecular complexity index is 1130. The average Bonchev–Trinajstić information content (AvgIpc) is 3.21. The van der Waals surface area contributed by atoms with E-state index in [0.29, 0.717) is 15.8 Å². The molecular formula is C23H22N2O2S2. The van der Waals surface area contributed by atoms with Crippen molar-refractivity contribution in [2.24, 2.45) is 0 Å². The second kappa shape index (κ2) is 8.43. The van der Waals surface area contributed by atoms with Gasteiger partial charge in [0.15, 0.2) is 0 Å². The van der Waals surface area contributed by atoms with Crippen molar-refractivity contribution < 1.29 is 9.53 Å². The number of fused-ring (bicyclic) bond motifs is 1. The number of benzene rings is 2. The summed E-state index contributed by atoms with van der Waals surface area (Å²) in [6.07, 6.45) is 4.98. The summed E-state index contributed by atoms with van der Waals surface area (Å²) in [7, 11) is 0. The molecule has 0 unspecified atom stereocenters. The maximum atomic E-state index is 12.0. The number of hydrogen-bond acceptors (Lipinski definition) is 4. The van der Waals surface area contributed by atoms with Crippen molar-refractivity contribution in [2.45, 2.75) is 26.8 Å². The van der Waals surface area contributed by atoms with Crippen LogP contribution >= 0.6 is 24.0 Å². The molecule has 0 saturated carbocycles. The monoisotopic (exact) mass is 422 g/mol. The van der Waals surface area contributed by atoms with Gasteiger partial charge in [-0.1, -0.05) is 55.2 Å². The number of carbonyl (C=O) groups is 1.